The van der Waals surface area contributed by atoms with Crippen molar-refractivity contribution in [2.75, 3.05) is 37.6 Å². The van der Waals surface area contributed by atoms with Gasteiger partial charge in [0.2, 0.25) is 0 Å². The molecule has 0 bridgehead atoms. The van der Waals surface area contributed by atoms with Gasteiger partial charge in [0.1, 0.15) is 5.82 Å². The Labute approximate surface area is 121 Å². The van der Waals surface area contributed by atoms with Crippen molar-refractivity contribution in [3.63, 3.8) is 0 Å². The Kier molecular flexibility index (Phi) is 3.74. The number of halogens is 1. The number of benzene rings is 1. The van der Waals surface area contributed by atoms with Crippen molar-refractivity contribution in [1.29, 1.82) is 0 Å². The lowest BCUT2D eigenvalue weighted by atomic mass is 10.2. The van der Waals surface area contributed by atoms with Gasteiger partial charge in [0.15, 0.2) is 5.82 Å². The highest BCUT2D eigenvalue weighted by molar-refractivity contribution is 5.90. The van der Waals surface area contributed by atoms with Crippen molar-refractivity contribution >= 4 is 22.7 Å². The number of hydrogen-bond donors (Lipinski definition) is 2. The van der Waals surface area contributed by atoms with E-state index in [4.69, 9.17) is 5.11 Å². The number of carboxylic acid groups (broad SMARTS) is 1. The molecule has 0 amide bonds. The minimum Gasteiger partial charge on any atom is -0.481 e. The summed E-state index contributed by atoms with van der Waals surface area (Å²) >= 11 is 0. The second-order valence-electron chi connectivity index (χ2n) is 5.21. The predicted octanol–water partition coefficient (Wildman–Crippen LogP) is 1.30. The number of H-pyrrole nitrogens is 1. The van der Waals surface area contributed by atoms with Crippen molar-refractivity contribution in [2.45, 2.75) is 6.42 Å². The number of carboxylic acids is 1. The number of hydrogen-bond acceptors (Lipinski definition) is 4. The Morgan fingerprint density at radius 1 is 1.33 bits per heavy atom. The van der Waals surface area contributed by atoms with E-state index in [0.29, 0.717) is 12.1 Å². The fourth-order valence-electron chi connectivity index (χ4n) is 2.66. The molecular formula is C14H17FN4O2. The maximum absolute atomic E-state index is 13.2. The van der Waals surface area contributed by atoms with E-state index in [1.165, 1.54) is 12.1 Å². The first kappa shape index (κ1) is 13.8. The second-order valence-corrected chi connectivity index (χ2v) is 5.21. The van der Waals surface area contributed by atoms with Gasteiger partial charge in [-0.2, -0.15) is 5.10 Å². The van der Waals surface area contributed by atoms with E-state index >= 15 is 0 Å². The summed E-state index contributed by atoms with van der Waals surface area (Å²) in [5.41, 5.74) is 0.693. The molecule has 0 spiro atoms. The molecule has 112 valence electrons. The van der Waals surface area contributed by atoms with Crippen LogP contribution in [0.3, 0.4) is 0 Å². The van der Waals surface area contributed by atoms with Gasteiger partial charge < -0.3 is 10.0 Å². The molecule has 1 saturated heterocycles. The van der Waals surface area contributed by atoms with Crippen LogP contribution in [0.1, 0.15) is 6.42 Å². The Hall–Kier alpha value is -2.15. The number of rotatable bonds is 4. The smallest absolute Gasteiger partial charge is 0.304 e. The Balaban J connectivity index is 1.67. The lowest BCUT2D eigenvalue weighted by Crippen LogP contribution is -2.47. The number of aromatic amines is 1. The minimum absolute atomic E-state index is 0.171. The molecule has 1 fully saturated rings. The van der Waals surface area contributed by atoms with Gasteiger partial charge in [0.25, 0.3) is 0 Å². The van der Waals surface area contributed by atoms with E-state index < -0.39 is 5.97 Å². The third-order valence-corrected chi connectivity index (χ3v) is 3.82. The summed E-state index contributed by atoms with van der Waals surface area (Å²) in [6, 6.07) is 4.61. The van der Waals surface area contributed by atoms with Crippen LogP contribution in [0.15, 0.2) is 18.2 Å². The molecule has 3 rings (SSSR count). The highest BCUT2D eigenvalue weighted by atomic mass is 19.1. The molecule has 1 aromatic heterocycles. The first-order valence-corrected chi connectivity index (χ1v) is 6.96. The molecule has 7 heteroatoms. The molecule has 0 aliphatic carbocycles. The number of carbonyl (C=O) groups is 1. The van der Waals surface area contributed by atoms with Crippen LogP contribution in [0.5, 0.6) is 0 Å². The number of aliphatic carboxylic acids is 1. The van der Waals surface area contributed by atoms with Crippen LogP contribution in [0.25, 0.3) is 10.9 Å². The summed E-state index contributed by atoms with van der Waals surface area (Å²) in [6.45, 7) is 3.77. The number of fused-ring (bicyclic) bond motifs is 1. The van der Waals surface area contributed by atoms with E-state index in [1.54, 1.807) is 6.07 Å². The molecule has 0 radical (unpaired) electrons. The van der Waals surface area contributed by atoms with E-state index in [9.17, 15) is 9.18 Å². The summed E-state index contributed by atoms with van der Waals surface area (Å²) in [4.78, 5) is 14.9. The molecular weight excluding hydrogens is 275 g/mol. The largest absolute Gasteiger partial charge is 0.481 e. The van der Waals surface area contributed by atoms with Crippen LogP contribution in [0, 0.1) is 5.82 Å². The minimum atomic E-state index is -0.766. The van der Waals surface area contributed by atoms with E-state index in [1.807, 2.05) is 0 Å². The van der Waals surface area contributed by atoms with Gasteiger partial charge in [-0.15, -0.1) is 0 Å². The maximum atomic E-state index is 13.2. The van der Waals surface area contributed by atoms with Gasteiger partial charge >= 0.3 is 5.97 Å². The van der Waals surface area contributed by atoms with Crippen molar-refractivity contribution in [1.82, 2.24) is 15.1 Å². The van der Waals surface area contributed by atoms with Crippen LogP contribution >= 0.6 is 0 Å². The van der Waals surface area contributed by atoms with Crippen molar-refractivity contribution in [2.24, 2.45) is 0 Å². The number of nitrogens with one attached hydrogen (secondary N) is 1. The van der Waals surface area contributed by atoms with Gasteiger partial charge in [-0.3, -0.25) is 14.8 Å². The fourth-order valence-corrected chi connectivity index (χ4v) is 2.66. The van der Waals surface area contributed by atoms with Crippen LogP contribution in [-0.2, 0) is 4.79 Å². The summed E-state index contributed by atoms with van der Waals surface area (Å²) < 4.78 is 13.2. The summed E-state index contributed by atoms with van der Waals surface area (Å²) in [7, 11) is 0. The SMILES string of the molecule is O=C(O)CCN1CCN(c2n[nH]c3cc(F)ccc23)CC1. The Morgan fingerprint density at radius 3 is 2.81 bits per heavy atom. The van der Waals surface area contributed by atoms with Gasteiger partial charge in [-0.25, -0.2) is 4.39 Å². The summed E-state index contributed by atoms with van der Waals surface area (Å²) in [6.07, 6.45) is 0.171. The zero-order valence-corrected chi connectivity index (χ0v) is 11.5. The van der Waals surface area contributed by atoms with Crippen molar-refractivity contribution in [3.8, 4) is 0 Å². The first-order chi connectivity index (χ1) is 10.1. The van der Waals surface area contributed by atoms with E-state index in [-0.39, 0.29) is 12.2 Å². The average molecular weight is 292 g/mol. The molecule has 0 unspecified atom stereocenters. The van der Waals surface area contributed by atoms with Gasteiger partial charge in [0.05, 0.1) is 11.9 Å². The lowest BCUT2D eigenvalue weighted by Gasteiger charge is -2.34. The highest BCUT2D eigenvalue weighted by Gasteiger charge is 2.20. The molecule has 21 heavy (non-hydrogen) atoms. The normalized spacial score (nSPS) is 16.5. The summed E-state index contributed by atoms with van der Waals surface area (Å²) in [5, 5.41) is 16.8. The molecule has 2 heterocycles. The van der Waals surface area contributed by atoms with Gasteiger partial charge in [-0.1, -0.05) is 0 Å². The van der Waals surface area contributed by atoms with Crippen LogP contribution in [-0.4, -0.2) is 58.9 Å². The molecule has 0 atom stereocenters. The number of piperazine rings is 1. The zero-order valence-electron chi connectivity index (χ0n) is 11.5. The quantitative estimate of drug-likeness (QED) is 0.888. The zero-order chi connectivity index (χ0) is 14.8. The van der Waals surface area contributed by atoms with E-state index in [2.05, 4.69) is 20.0 Å². The third kappa shape index (κ3) is 2.97. The van der Waals surface area contributed by atoms with Gasteiger partial charge in [-0.05, 0) is 18.2 Å². The number of anilines is 1. The van der Waals surface area contributed by atoms with E-state index in [0.717, 1.165) is 37.4 Å². The van der Waals surface area contributed by atoms with Crippen molar-refractivity contribution < 1.29 is 14.3 Å². The molecule has 2 aromatic rings. The molecule has 6 nitrogen and oxygen atoms in total. The molecule has 1 aromatic carbocycles. The Morgan fingerprint density at radius 2 is 2.10 bits per heavy atom. The van der Waals surface area contributed by atoms with Crippen LogP contribution < -0.4 is 4.90 Å². The second kappa shape index (κ2) is 5.69. The molecule has 1 aliphatic heterocycles. The molecule has 1 aliphatic rings. The Bertz CT molecular complexity index is 649. The fraction of sp³-hybridized carbons (Fsp3) is 0.429. The van der Waals surface area contributed by atoms with Crippen LogP contribution in [0.2, 0.25) is 0 Å². The summed E-state index contributed by atoms with van der Waals surface area (Å²) in [5.74, 6) is -0.211. The first-order valence-electron chi connectivity index (χ1n) is 6.96. The predicted molar refractivity (Wildman–Crippen MR) is 77.0 cm³/mol. The van der Waals surface area contributed by atoms with Crippen molar-refractivity contribution in [3.05, 3.63) is 24.0 Å². The lowest BCUT2D eigenvalue weighted by molar-refractivity contribution is -0.137. The monoisotopic (exact) mass is 292 g/mol. The molecule has 0 saturated carbocycles. The van der Waals surface area contributed by atoms with Crippen LogP contribution in [0.4, 0.5) is 10.2 Å². The average Bonchev–Trinajstić information content (AvgIpc) is 2.88. The van der Waals surface area contributed by atoms with Gasteiger partial charge in [0, 0.05) is 38.1 Å². The highest BCUT2D eigenvalue weighted by Crippen LogP contribution is 2.25. The topological polar surface area (TPSA) is 72.5 Å². The number of nitrogens with zero attached hydrogens (tertiary/aromatic N) is 3. The maximum Gasteiger partial charge on any atom is 0.304 e. The molecule has 2 N–H and O–H groups in total. The number of aromatic nitrogens is 2. The third-order valence-electron chi connectivity index (χ3n) is 3.82. The standard InChI is InChI=1S/C14H17FN4O2/c15-10-1-2-11-12(9-10)16-17-14(11)19-7-5-18(6-8-19)4-3-13(20)21/h1-2,9H,3-8H2,(H,16,17)(H,20,21).